The van der Waals surface area contributed by atoms with Gasteiger partial charge in [0.05, 0.1) is 11.7 Å². The molecule has 0 bridgehead atoms. The Bertz CT molecular complexity index is 524. The van der Waals surface area contributed by atoms with Crippen LogP contribution >= 0.6 is 11.3 Å². The van der Waals surface area contributed by atoms with Crippen molar-refractivity contribution in [3.63, 3.8) is 0 Å². The van der Waals surface area contributed by atoms with Crippen molar-refractivity contribution in [2.45, 2.75) is 19.9 Å². The minimum absolute atomic E-state index is 0.175. The van der Waals surface area contributed by atoms with Gasteiger partial charge in [0.15, 0.2) is 0 Å². The number of nitrogens with one attached hydrogen (secondary N) is 1. The smallest absolute Gasteiger partial charge is 0.115 e. The SMILES string of the molecule is CNC(c1ccc(N(C)C)cc1)c1nc(C)c(C)s1. The predicted octanol–water partition coefficient (Wildman–Crippen LogP) is 3.13. The van der Waals surface area contributed by atoms with Gasteiger partial charge in [-0.1, -0.05) is 12.1 Å². The normalized spacial score (nSPS) is 12.5. The maximum absolute atomic E-state index is 4.66. The fourth-order valence-corrected chi connectivity index (χ4v) is 3.08. The molecule has 0 aliphatic carbocycles. The largest absolute Gasteiger partial charge is 0.378 e. The van der Waals surface area contributed by atoms with Crippen LogP contribution in [-0.2, 0) is 0 Å². The Labute approximate surface area is 119 Å². The second-order valence-corrected chi connectivity index (χ2v) is 6.14. The lowest BCUT2D eigenvalue weighted by Crippen LogP contribution is -2.17. The van der Waals surface area contributed by atoms with Gasteiger partial charge in [-0.25, -0.2) is 4.98 Å². The highest BCUT2D eigenvalue weighted by Gasteiger charge is 2.16. The Hall–Kier alpha value is -1.39. The molecule has 2 aromatic rings. The monoisotopic (exact) mass is 275 g/mol. The fourth-order valence-electron chi connectivity index (χ4n) is 2.02. The average Bonchev–Trinajstić information content (AvgIpc) is 2.71. The first kappa shape index (κ1) is 14.0. The minimum atomic E-state index is 0.175. The van der Waals surface area contributed by atoms with Crippen LogP contribution in [0.5, 0.6) is 0 Å². The maximum Gasteiger partial charge on any atom is 0.115 e. The van der Waals surface area contributed by atoms with Gasteiger partial charge in [-0.3, -0.25) is 0 Å². The number of benzene rings is 1. The van der Waals surface area contributed by atoms with Crippen molar-refractivity contribution in [2.24, 2.45) is 0 Å². The zero-order chi connectivity index (χ0) is 14.0. The third kappa shape index (κ3) is 2.96. The average molecular weight is 275 g/mol. The van der Waals surface area contributed by atoms with E-state index in [2.05, 4.69) is 67.4 Å². The summed E-state index contributed by atoms with van der Waals surface area (Å²) in [5.74, 6) is 0. The number of hydrogen-bond donors (Lipinski definition) is 1. The number of rotatable bonds is 4. The van der Waals surface area contributed by atoms with E-state index in [0.29, 0.717) is 0 Å². The van der Waals surface area contributed by atoms with Gasteiger partial charge >= 0.3 is 0 Å². The van der Waals surface area contributed by atoms with Crippen LogP contribution in [0, 0.1) is 13.8 Å². The molecule has 0 saturated heterocycles. The van der Waals surface area contributed by atoms with Gasteiger partial charge < -0.3 is 10.2 Å². The molecule has 0 aliphatic rings. The van der Waals surface area contributed by atoms with Gasteiger partial charge in [0.2, 0.25) is 0 Å². The van der Waals surface area contributed by atoms with Gasteiger partial charge in [-0.2, -0.15) is 0 Å². The van der Waals surface area contributed by atoms with Crippen molar-refractivity contribution < 1.29 is 0 Å². The number of aromatic nitrogens is 1. The molecule has 0 spiro atoms. The van der Waals surface area contributed by atoms with Crippen molar-refractivity contribution >= 4 is 17.0 Å². The van der Waals surface area contributed by atoms with Crippen LogP contribution < -0.4 is 10.2 Å². The van der Waals surface area contributed by atoms with Crippen molar-refractivity contribution in [3.8, 4) is 0 Å². The molecule has 1 atom stereocenters. The molecule has 1 heterocycles. The molecule has 0 amide bonds. The number of aryl methyl sites for hydroxylation is 2. The van der Waals surface area contributed by atoms with E-state index >= 15 is 0 Å². The molecule has 2 rings (SSSR count). The lowest BCUT2D eigenvalue weighted by molar-refractivity contribution is 0.685. The van der Waals surface area contributed by atoms with Crippen LogP contribution in [0.25, 0.3) is 0 Å². The zero-order valence-corrected chi connectivity index (χ0v) is 13.0. The van der Waals surface area contributed by atoms with Crippen LogP contribution in [0.1, 0.15) is 27.2 Å². The van der Waals surface area contributed by atoms with Gasteiger partial charge in [0.25, 0.3) is 0 Å². The first-order valence-corrected chi connectivity index (χ1v) is 7.23. The van der Waals surface area contributed by atoms with Crippen molar-refractivity contribution in [3.05, 3.63) is 45.4 Å². The molecule has 102 valence electrons. The third-order valence-corrected chi connectivity index (χ3v) is 4.46. The molecule has 1 unspecified atom stereocenters. The summed E-state index contributed by atoms with van der Waals surface area (Å²) in [6.07, 6.45) is 0. The lowest BCUT2D eigenvalue weighted by Gasteiger charge is -2.17. The Kier molecular flexibility index (Phi) is 4.22. The molecule has 1 aromatic carbocycles. The van der Waals surface area contributed by atoms with Crippen LogP contribution in [0.2, 0.25) is 0 Å². The van der Waals surface area contributed by atoms with Crippen LogP contribution in [0.4, 0.5) is 5.69 Å². The van der Waals surface area contributed by atoms with Crippen LogP contribution in [0.15, 0.2) is 24.3 Å². The summed E-state index contributed by atoms with van der Waals surface area (Å²) in [5, 5.41) is 4.49. The van der Waals surface area contributed by atoms with Crippen molar-refractivity contribution in [2.75, 3.05) is 26.0 Å². The van der Waals surface area contributed by atoms with E-state index in [1.54, 1.807) is 11.3 Å². The van der Waals surface area contributed by atoms with Crippen molar-refractivity contribution in [1.82, 2.24) is 10.3 Å². The summed E-state index contributed by atoms with van der Waals surface area (Å²) in [5.41, 5.74) is 3.59. The second-order valence-electron chi connectivity index (χ2n) is 4.90. The van der Waals surface area contributed by atoms with E-state index < -0.39 is 0 Å². The Balaban J connectivity index is 2.31. The van der Waals surface area contributed by atoms with E-state index in [1.807, 2.05) is 7.05 Å². The number of anilines is 1. The fraction of sp³-hybridized carbons (Fsp3) is 0.400. The summed E-state index contributed by atoms with van der Waals surface area (Å²) in [6.45, 7) is 4.19. The molecular formula is C15H21N3S. The number of nitrogens with zero attached hydrogens (tertiary/aromatic N) is 2. The highest BCUT2D eigenvalue weighted by atomic mass is 32.1. The second kappa shape index (κ2) is 5.72. The molecule has 0 aliphatic heterocycles. The highest BCUT2D eigenvalue weighted by molar-refractivity contribution is 7.11. The zero-order valence-electron chi connectivity index (χ0n) is 12.2. The van der Waals surface area contributed by atoms with E-state index in [1.165, 1.54) is 16.1 Å². The van der Waals surface area contributed by atoms with Crippen LogP contribution in [-0.4, -0.2) is 26.1 Å². The number of hydrogen-bond acceptors (Lipinski definition) is 4. The van der Waals surface area contributed by atoms with E-state index in [9.17, 15) is 0 Å². The molecule has 4 heteroatoms. The number of thiazole rings is 1. The third-order valence-electron chi connectivity index (χ3n) is 3.32. The lowest BCUT2D eigenvalue weighted by atomic mass is 10.1. The Morgan fingerprint density at radius 2 is 1.79 bits per heavy atom. The van der Waals surface area contributed by atoms with Gasteiger partial charge in [0.1, 0.15) is 5.01 Å². The van der Waals surface area contributed by atoms with E-state index in [-0.39, 0.29) is 6.04 Å². The summed E-state index contributed by atoms with van der Waals surface area (Å²) in [4.78, 5) is 8.06. The molecule has 0 fully saturated rings. The standard InChI is InChI=1S/C15H21N3S/c1-10-11(2)19-15(17-10)14(16-3)12-6-8-13(9-7-12)18(4)5/h6-9,14,16H,1-5H3. The summed E-state index contributed by atoms with van der Waals surface area (Å²) < 4.78 is 0. The predicted molar refractivity (Wildman–Crippen MR) is 83.3 cm³/mol. The maximum atomic E-state index is 4.66. The molecule has 19 heavy (non-hydrogen) atoms. The summed E-state index contributed by atoms with van der Waals surface area (Å²) in [7, 11) is 6.09. The molecule has 1 N–H and O–H groups in total. The topological polar surface area (TPSA) is 28.2 Å². The molecule has 0 radical (unpaired) electrons. The first-order valence-electron chi connectivity index (χ1n) is 6.41. The quantitative estimate of drug-likeness (QED) is 0.929. The molecule has 3 nitrogen and oxygen atoms in total. The van der Waals surface area contributed by atoms with Gasteiger partial charge in [0, 0.05) is 24.7 Å². The first-order chi connectivity index (χ1) is 9.02. The molecule has 1 aromatic heterocycles. The van der Waals surface area contributed by atoms with E-state index in [0.717, 1.165) is 10.7 Å². The summed E-state index contributed by atoms with van der Waals surface area (Å²) >= 11 is 1.77. The molecule has 0 saturated carbocycles. The Morgan fingerprint density at radius 3 is 2.21 bits per heavy atom. The van der Waals surface area contributed by atoms with Gasteiger partial charge in [-0.15, -0.1) is 11.3 Å². The van der Waals surface area contributed by atoms with Gasteiger partial charge in [-0.05, 0) is 38.6 Å². The minimum Gasteiger partial charge on any atom is -0.378 e. The highest BCUT2D eigenvalue weighted by Crippen LogP contribution is 2.28. The summed E-state index contributed by atoms with van der Waals surface area (Å²) in [6, 6.07) is 8.80. The van der Waals surface area contributed by atoms with Crippen LogP contribution in [0.3, 0.4) is 0 Å². The Morgan fingerprint density at radius 1 is 1.16 bits per heavy atom. The van der Waals surface area contributed by atoms with Crippen molar-refractivity contribution in [1.29, 1.82) is 0 Å². The van der Waals surface area contributed by atoms with E-state index in [4.69, 9.17) is 0 Å². The molecular weight excluding hydrogens is 254 g/mol.